The molecular formula is C21H17Cl2FN4S. The van der Waals surface area contributed by atoms with E-state index < -0.39 is 5.82 Å². The van der Waals surface area contributed by atoms with Crippen LogP contribution in [0.25, 0.3) is 0 Å². The van der Waals surface area contributed by atoms with E-state index in [2.05, 4.69) is 14.5 Å². The van der Waals surface area contributed by atoms with Crippen LogP contribution in [0.15, 0.2) is 53.8 Å². The maximum absolute atomic E-state index is 13.5. The number of hydrogen-bond acceptors (Lipinski definition) is 4. The van der Waals surface area contributed by atoms with Crippen LogP contribution in [-0.2, 0) is 12.3 Å². The van der Waals surface area contributed by atoms with E-state index in [1.165, 1.54) is 18.9 Å². The molecule has 1 fully saturated rings. The topological polar surface area (TPSA) is 33.4 Å². The van der Waals surface area contributed by atoms with Gasteiger partial charge in [-0.1, -0.05) is 41.0 Å². The molecule has 2 heterocycles. The molecule has 4 nitrogen and oxygen atoms in total. The molecule has 2 aliphatic rings. The number of thioether (sulfide) groups is 1. The second kappa shape index (κ2) is 7.67. The van der Waals surface area contributed by atoms with E-state index in [4.69, 9.17) is 28.2 Å². The Labute approximate surface area is 182 Å². The van der Waals surface area contributed by atoms with E-state index in [9.17, 15) is 4.39 Å². The van der Waals surface area contributed by atoms with Gasteiger partial charge in [-0.2, -0.15) is 0 Å². The molecule has 0 bridgehead atoms. The van der Waals surface area contributed by atoms with Crippen LogP contribution in [0.4, 0.5) is 15.9 Å². The average molecular weight is 447 g/mol. The lowest BCUT2D eigenvalue weighted by Gasteiger charge is -2.28. The van der Waals surface area contributed by atoms with E-state index in [0.29, 0.717) is 23.4 Å². The third-order valence-electron chi connectivity index (χ3n) is 5.01. The second-order valence-electron chi connectivity index (χ2n) is 7.15. The zero-order chi connectivity index (χ0) is 20.0. The van der Waals surface area contributed by atoms with Crippen molar-refractivity contribution in [3.8, 4) is 0 Å². The van der Waals surface area contributed by atoms with Crippen molar-refractivity contribution in [3.63, 3.8) is 0 Å². The number of aromatic nitrogens is 2. The van der Waals surface area contributed by atoms with Crippen LogP contribution in [-0.4, -0.2) is 14.7 Å². The van der Waals surface area contributed by atoms with Crippen molar-refractivity contribution in [2.24, 2.45) is 4.99 Å². The maximum Gasteiger partial charge on any atom is 0.171 e. The Morgan fingerprint density at radius 2 is 1.90 bits per heavy atom. The molecule has 1 aromatic heterocycles. The summed E-state index contributed by atoms with van der Waals surface area (Å²) in [6.07, 6.45) is 4.25. The van der Waals surface area contributed by atoms with Gasteiger partial charge >= 0.3 is 0 Å². The minimum absolute atomic E-state index is 0.136. The number of anilines is 1. The van der Waals surface area contributed by atoms with Crippen LogP contribution in [0.1, 0.15) is 30.1 Å². The molecular weight excluding hydrogens is 430 g/mol. The Bertz CT molecular complexity index is 1090. The molecule has 1 aliphatic carbocycles. The highest BCUT2D eigenvalue weighted by Crippen LogP contribution is 2.42. The molecule has 3 aromatic rings. The van der Waals surface area contributed by atoms with Gasteiger partial charge in [0.25, 0.3) is 0 Å². The maximum atomic E-state index is 13.5. The molecule has 0 N–H and O–H groups in total. The van der Waals surface area contributed by atoms with Gasteiger partial charge in [-0.3, -0.25) is 0 Å². The first kappa shape index (κ1) is 19.0. The van der Waals surface area contributed by atoms with Gasteiger partial charge in [-0.25, -0.2) is 14.4 Å². The molecule has 29 heavy (non-hydrogen) atoms. The van der Waals surface area contributed by atoms with Gasteiger partial charge in [0, 0.05) is 22.5 Å². The Kier molecular flexibility index (Phi) is 5.02. The predicted octanol–water partition coefficient (Wildman–Crippen LogP) is 6.61. The zero-order valence-electron chi connectivity index (χ0n) is 15.4. The molecule has 0 spiro atoms. The molecule has 0 saturated heterocycles. The van der Waals surface area contributed by atoms with E-state index in [1.54, 1.807) is 23.9 Å². The summed E-state index contributed by atoms with van der Waals surface area (Å²) in [5.74, 6) is 1.17. The molecule has 5 rings (SSSR count). The highest BCUT2D eigenvalue weighted by Gasteiger charge is 2.31. The summed E-state index contributed by atoms with van der Waals surface area (Å²) in [5.41, 5.74) is 2.92. The van der Waals surface area contributed by atoms with Gasteiger partial charge in [0.15, 0.2) is 11.0 Å². The van der Waals surface area contributed by atoms with Gasteiger partial charge in [0.05, 0.1) is 17.9 Å². The Morgan fingerprint density at radius 3 is 2.62 bits per heavy atom. The number of imidazole rings is 1. The predicted molar refractivity (Wildman–Crippen MR) is 118 cm³/mol. The van der Waals surface area contributed by atoms with E-state index >= 15 is 0 Å². The number of amidine groups is 1. The summed E-state index contributed by atoms with van der Waals surface area (Å²) in [5, 5.41) is 1.71. The van der Waals surface area contributed by atoms with Crippen LogP contribution >= 0.6 is 35.0 Å². The fourth-order valence-electron chi connectivity index (χ4n) is 3.33. The van der Waals surface area contributed by atoms with Crippen molar-refractivity contribution in [3.05, 3.63) is 75.9 Å². The van der Waals surface area contributed by atoms with Crippen molar-refractivity contribution < 1.29 is 4.39 Å². The number of hydrogen-bond donors (Lipinski definition) is 0. The number of halogens is 3. The van der Waals surface area contributed by atoms with E-state index in [0.717, 1.165) is 27.9 Å². The van der Waals surface area contributed by atoms with Crippen LogP contribution in [0.2, 0.25) is 10.0 Å². The zero-order valence-corrected chi connectivity index (χ0v) is 17.7. The van der Waals surface area contributed by atoms with Gasteiger partial charge < -0.3 is 9.47 Å². The monoisotopic (exact) mass is 446 g/mol. The van der Waals surface area contributed by atoms with Crippen LogP contribution < -0.4 is 4.90 Å². The molecule has 1 aliphatic heterocycles. The third kappa shape index (κ3) is 3.89. The summed E-state index contributed by atoms with van der Waals surface area (Å²) in [4.78, 5) is 11.7. The summed E-state index contributed by atoms with van der Waals surface area (Å²) in [7, 11) is 0. The quantitative estimate of drug-likeness (QED) is 0.452. The second-order valence-corrected chi connectivity index (χ2v) is 8.93. The number of rotatable bonds is 4. The lowest BCUT2D eigenvalue weighted by Crippen LogP contribution is -2.31. The first-order chi connectivity index (χ1) is 14.1. The molecule has 148 valence electrons. The lowest BCUT2D eigenvalue weighted by molar-refractivity contribution is 0.628. The molecule has 8 heteroatoms. The number of nitrogens with zero attached hydrogens (tertiary/aromatic N) is 4. The smallest absolute Gasteiger partial charge is 0.171 e. The van der Waals surface area contributed by atoms with Crippen molar-refractivity contribution in [2.75, 3.05) is 4.90 Å². The van der Waals surface area contributed by atoms with Crippen LogP contribution in [0.5, 0.6) is 0 Å². The lowest BCUT2D eigenvalue weighted by atomic mass is 10.2. The minimum Gasteiger partial charge on any atom is -0.315 e. The summed E-state index contributed by atoms with van der Waals surface area (Å²) in [6, 6.07) is 13.0. The molecule has 1 saturated carbocycles. The molecule has 0 unspecified atom stereocenters. The fourth-order valence-corrected chi connectivity index (χ4v) is 4.61. The van der Waals surface area contributed by atoms with Crippen LogP contribution in [0.3, 0.4) is 0 Å². The summed E-state index contributed by atoms with van der Waals surface area (Å²) in [6.45, 7) is 0.646. The molecule has 2 aromatic carbocycles. The van der Waals surface area contributed by atoms with Crippen molar-refractivity contribution >= 4 is 51.6 Å². The Balaban J connectivity index is 1.47. The first-order valence-electron chi connectivity index (χ1n) is 9.33. The van der Waals surface area contributed by atoms with Gasteiger partial charge in [0.2, 0.25) is 0 Å². The van der Waals surface area contributed by atoms with Crippen molar-refractivity contribution in [1.29, 1.82) is 0 Å². The van der Waals surface area contributed by atoms with E-state index in [1.807, 2.05) is 30.6 Å². The highest BCUT2D eigenvalue weighted by molar-refractivity contribution is 8.13. The normalized spacial score (nSPS) is 16.0. The standard InChI is InChI=1S/C21H17Cl2FN4S/c22-14-2-4-15(5-3-14)27-10-19-20(28(12-25-19)16-6-7-16)26-21(27)29-11-13-1-8-18(24)17(23)9-13/h1-5,8-9,12,16H,6-7,10-11H2. The third-order valence-corrected chi connectivity index (χ3v) is 6.60. The molecule has 0 amide bonds. The van der Waals surface area contributed by atoms with Gasteiger partial charge in [0.1, 0.15) is 11.5 Å². The number of benzene rings is 2. The van der Waals surface area contributed by atoms with Crippen molar-refractivity contribution in [1.82, 2.24) is 9.55 Å². The minimum atomic E-state index is -0.406. The molecule has 0 atom stereocenters. The fraction of sp³-hybridized carbons (Fsp3) is 0.238. The van der Waals surface area contributed by atoms with Gasteiger partial charge in [-0.15, -0.1) is 0 Å². The highest BCUT2D eigenvalue weighted by atomic mass is 35.5. The molecule has 0 radical (unpaired) electrons. The summed E-state index contributed by atoms with van der Waals surface area (Å²) >= 11 is 13.6. The first-order valence-corrected chi connectivity index (χ1v) is 11.1. The average Bonchev–Trinajstić information content (AvgIpc) is 3.48. The van der Waals surface area contributed by atoms with Crippen molar-refractivity contribution in [2.45, 2.75) is 31.2 Å². The Morgan fingerprint density at radius 1 is 1.10 bits per heavy atom. The summed E-state index contributed by atoms with van der Waals surface area (Å²) < 4.78 is 15.7. The largest absolute Gasteiger partial charge is 0.315 e. The van der Waals surface area contributed by atoms with Crippen LogP contribution in [0, 0.1) is 5.82 Å². The Hall–Kier alpha value is -2.02. The SMILES string of the molecule is Fc1ccc(CSC2=Nc3c(ncn3C3CC3)CN2c2ccc(Cl)cc2)cc1Cl. The van der Waals surface area contributed by atoms with Gasteiger partial charge in [-0.05, 0) is 54.8 Å². The number of aliphatic imine (C=N–C) groups is 1. The number of fused-ring (bicyclic) bond motifs is 1. The van der Waals surface area contributed by atoms with E-state index in [-0.39, 0.29) is 5.02 Å².